The van der Waals surface area contributed by atoms with E-state index >= 15 is 4.39 Å². The first-order valence-electron chi connectivity index (χ1n) is 12.3. The van der Waals surface area contributed by atoms with Crippen molar-refractivity contribution in [2.45, 2.75) is 84.1 Å². The Balaban J connectivity index is 1.78. The Kier molecular flexibility index (Phi) is 6.07. The number of carbonyl (C=O) groups excluding carboxylic acids is 2. The Bertz CT molecular complexity index is 974. The first kappa shape index (κ1) is 25.0. The molecule has 0 radical (unpaired) electrons. The van der Waals surface area contributed by atoms with Crippen molar-refractivity contribution in [2.75, 3.05) is 0 Å². The minimum Gasteiger partial charge on any atom is -0.478 e. The molecule has 3 saturated carbocycles. The smallest absolute Gasteiger partial charge is 0.349 e. The minimum absolute atomic E-state index is 0.0136. The van der Waals surface area contributed by atoms with Crippen LogP contribution in [0.2, 0.25) is 0 Å². The number of allylic oxidation sites excluding steroid dienone is 4. The van der Waals surface area contributed by atoms with Crippen LogP contribution in [0.1, 0.15) is 66.2 Å². The van der Waals surface area contributed by atoms with Crippen molar-refractivity contribution in [3.8, 4) is 0 Å². The molecule has 8 heteroatoms. The lowest BCUT2D eigenvalue weighted by Gasteiger charge is -2.60. The van der Waals surface area contributed by atoms with E-state index in [2.05, 4.69) is 0 Å². The van der Waals surface area contributed by atoms with Crippen LogP contribution in [0, 0.1) is 34.5 Å². The van der Waals surface area contributed by atoms with Crippen LogP contribution in [0.4, 0.5) is 8.78 Å². The zero-order valence-corrected chi connectivity index (χ0v) is 20.1. The van der Waals surface area contributed by atoms with Gasteiger partial charge >= 0.3 is 11.9 Å². The summed E-state index contributed by atoms with van der Waals surface area (Å²) in [6.45, 7) is 7.02. The van der Waals surface area contributed by atoms with Crippen molar-refractivity contribution in [3.05, 3.63) is 23.6 Å². The number of ketones is 1. The number of halogens is 2. The minimum atomic E-state index is -1.85. The molecule has 0 saturated heterocycles. The summed E-state index contributed by atoms with van der Waals surface area (Å²) in [6, 6.07) is 0. The van der Waals surface area contributed by atoms with Gasteiger partial charge in [-0.25, -0.2) is 13.6 Å². The van der Waals surface area contributed by atoms with Crippen molar-refractivity contribution in [1.82, 2.24) is 0 Å². The molecular formula is C26H34F2O6. The van der Waals surface area contributed by atoms with Crippen molar-refractivity contribution in [3.63, 3.8) is 0 Å². The molecule has 0 heterocycles. The van der Waals surface area contributed by atoms with Gasteiger partial charge in [-0.2, -0.15) is 0 Å². The number of fused-ring (bicyclic) bond motifs is 5. The van der Waals surface area contributed by atoms with Crippen LogP contribution in [-0.2, 0) is 19.1 Å². The molecule has 0 aromatic heterocycles. The number of carbonyl (C=O) groups is 3. The molecule has 0 bridgehead atoms. The third-order valence-electron chi connectivity index (χ3n) is 9.42. The number of esters is 1. The lowest BCUT2D eigenvalue weighted by Crippen LogP contribution is -2.64. The predicted molar refractivity (Wildman–Crippen MR) is 119 cm³/mol. The number of alkyl halides is 1. The van der Waals surface area contributed by atoms with E-state index in [9.17, 15) is 29.0 Å². The van der Waals surface area contributed by atoms with E-state index in [1.54, 1.807) is 20.8 Å². The monoisotopic (exact) mass is 480 g/mol. The Labute approximate surface area is 198 Å². The number of aliphatic carboxylic acids is 1. The second kappa shape index (κ2) is 8.25. The number of carboxylic acids is 1. The molecule has 34 heavy (non-hydrogen) atoms. The van der Waals surface area contributed by atoms with E-state index in [1.165, 1.54) is 6.08 Å². The summed E-state index contributed by atoms with van der Waals surface area (Å²) >= 11 is 0. The second-order valence-corrected chi connectivity index (χ2v) is 11.2. The summed E-state index contributed by atoms with van der Waals surface area (Å²) < 4.78 is 36.1. The average Bonchev–Trinajstić information content (AvgIpc) is 2.96. The van der Waals surface area contributed by atoms with Crippen molar-refractivity contribution >= 4 is 17.7 Å². The van der Waals surface area contributed by atoms with Gasteiger partial charge in [0.25, 0.3) is 0 Å². The fourth-order valence-electron chi connectivity index (χ4n) is 8.02. The van der Waals surface area contributed by atoms with E-state index < -0.39 is 70.0 Å². The summed E-state index contributed by atoms with van der Waals surface area (Å²) in [5.74, 6) is -5.79. The van der Waals surface area contributed by atoms with Gasteiger partial charge in [0, 0.05) is 34.7 Å². The lowest BCUT2D eigenvalue weighted by molar-refractivity contribution is -0.216. The van der Waals surface area contributed by atoms with E-state index in [0.29, 0.717) is 12.8 Å². The first-order chi connectivity index (χ1) is 15.8. The maximum Gasteiger partial charge on any atom is 0.349 e. The van der Waals surface area contributed by atoms with Gasteiger partial charge in [0.1, 0.15) is 6.17 Å². The molecule has 0 amide bonds. The number of unbranched alkanes of at least 4 members (excludes halogenated alkanes) is 1. The molecule has 0 aromatic carbocycles. The molecule has 0 spiro atoms. The standard InChI is InChI=1S/C26H34F2O6/c1-5-6-7-19(31)34-26(23(32)33)13(2)10-15-14-11-16(27)21-22(28)17(29)8-9-24(21,3)20(14)18(30)12-25(15,26)4/h8-9,13-16,18,20,30H,5-7,10-12H2,1-4H3,(H,32,33)/t13-,14-,15-,16-,18-,20+,24+,25-,26-/m0/s1. The third-order valence-corrected chi connectivity index (χ3v) is 9.42. The molecule has 4 rings (SSSR count). The van der Waals surface area contributed by atoms with Crippen molar-refractivity contribution in [2.24, 2.45) is 34.5 Å². The van der Waals surface area contributed by atoms with Crippen LogP contribution >= 0.6 is 0 Å². The Morgan fingerprint density at radius 1 is 1.26 bits per heavy atom. The molecule has 4 aliphatic rings. The second-order valence-electron chi connectivity index (χ2n) is 11.2. The maximum atomic E-state index is 15.5. The topological polar surface area (TPSA) is 101 Å². The fraction of sp³-hybridized carbons (Fsp3) is 0.731. The molecule has 6 nitrogen and oxygen atoms in total. The molecule has 0 unspecified atom stereocenters. The number of rotatable bonds is 5. The molecule has 0 aliphatic heterocycles. The number of ether oxygens (including phenoxy) is 1. The highest BCUT2D eigenvalue weighted by atomic mass is 19.1. The number of aliphatic hydroxyl groups is 1. The number of hydrogen-bond donors (Lipinski definition) is 2. The van der Waals surface area contributed by atoms with Crippen LogP contribution in [-0.4, -0.2) is 45.8 Å². The van der Waals surface area contributed by atoms with E-state index in [1.807, 2.05) is 6.92 Å². The highest BCUT2D eigenvalue weighted by Crippen LogP contribution is 2.69. The summed E-state index contributed by atoms with van der Waals surface area (Å²) in [4.78, 5) is 37.4. The van der Waals surface area contributed by atoms with Gasteiger partial charge in [-0.05, 0) is 43.6 Å². The zero-order chi connectivity index (χ0) is 25.2. The Morgan fingerprint density at radius 3 is 2.56 bits per heavy atom. The third kappa shape index (κ3) is 3.16. The maximum absolute atomic E-state index is 15.5. The molecule has 0 aromatic rings. The predicted octanol–water partition coefficient (Wildman–Crippen LogP) is 4.31. The van der Waals surface area contributed by atoms with E-state index in [0.717, 1.165) is 12.5 Å². The summed E-state index contributed by atoms with van der Waals surface area (Å²) in [6.07, 6.45) is 1.48. The number of aliphatic hydroxyl groups excluding tert-OH is 1. The van der Waals surface area contributed by atoms with Crippen molar-refractivity contribution < 1.29 is 38.1 Å². The lowest BCUT2D eigenvalue weighted by atomic mass is 9.46. The number of carboxylic acid groups (broad SMARTS) is 1. The molecule has 3 fully saturated rings. The van der Waals surface area contributed by atoms with Crippen LogP contribution in [0.3, 0.4) is 0 Å². The van der Waals surface area contributed by atoms with Crippen LogP contribution in [0.15, 0.2) is 23.6 Å². The van der Waals surface area contributed by atoms with Crippen LogP contribution in [0.25, 0.3) is 0 Å². The van der Waals surface area contributed by atoms with Gasteiger partial charge in [-0.15, -0.1) is 0 Å². The molecule has 4 aliphatic carbocycles. The van der Waals surface area contributed by atoms with Gasteiger partial charge in [0.2, 0.25) is 11.4 Å². The SMILES string of the molecule is CCCCC(=O)O[C@]1(C(=O)O)[C@@H](C)C[C@H]2[C@@H]3C[C@H](F)C4=C(F)C(=O)C=C[C@]4(C)[C@H]3[C@@H](O)C[C@@]21C. The van der Waals surface area contributed by atoms with E-state index in [-0.39, 0.29) is 30.8 Å². The molecule has 9 atom stereocenters. The zero-order valence-electron chi connectivity index (χ0n) is 20.1. The van der Waals surface area contributed by atoms with Crippen molar-refractivity contribution in [1.29, 1.82) is 0 Å². The highest BCUT2D eigenvalue weighted by molar-refractivity contribution is 6.04. The first-order valence-corrected chi connectivity index (χ1v) is 12.3. The summed E-state index contributed by atoms with van der Waals surface area (Å²) in [5.41, 5.74) is -4.40. The van der Waals surface area contributed by atoms with E-state index in [4.69, 9.17) is 4.74 Å². The van der Waals surface area contributed by atoms with Gasteiger partial charge < -0.3 is 14.9 Å². The largest absolute Gasteiger partial charge is 0.478 e. The Hall–Kier alpha value is -2.09. The summed E-state index contributed by atoms with van der Waals surface area (Å²) in [5, 5.41) is 21.8. The quantitative estimate of drug-likeness (QED) is 0.569. The average molecular weight is 481 g/mol. The highest BCUT2D eigenvalue weighted by Gasteiger charge is 2.74. The van der Waals surface area contributed by atoms with Crippen LogP contribution < -0.4 is 0 Å². The molecule has 188 valence electrons. The Morgan fingerprint density at radius 2 is 1.94 bits per heavy atom. The van der Waals surface area contributed by atoms with Gasteiger partial charge in [-0.1, -0.05) is 40.2 Å². The van der Waals surface area contributed by atoms with Crippen LogP contribution in [0.5, 0.6) is 0 Å². The summed E-state index contributed by atoms with van der Waals surface area (Å²) in [7, 11) is 0. The van der Waals surface area contributed by atoms with Gasteiger partial charge in [-0.3, -0.25) is 9.59 Å². The number of hydrogen-bond acceptors (Lipinski definition) is 5. The normalized spacial score (nSPS) is 45.4. The van der Waals surface area contributed by atoms with Gasteiger partial charge in [0.05, 0.1) is 6.10 Å². The fourth-order valence-corrected chi connectivity index (χ4v) is 8.02. The molecular weight excluding hydrogens is 446 g/mol. The van der Waals surface area contributed by atoms with Gasteiger partial charge in [0.15, 0.2) is 5.83 Å². The molecule has 2 N–H and O–H groups in total.